The van der Waals surface area contributed by atoms with Crippen LogP contribution in [-0.2, 0) is 16.0 Å². The molecule has 1 aliphatic rings. The first kappa shape index (κ1) is 23.9. The lowest BCUT2D eigenvalue weighted by Gasteiger charge is -2.13. The summed E-state index contributed by atoms with van der Waals surface area (Å²) >= 11 is 0. The number of aromatic hydroxyl groups is 1. The lowest BCUT2D eigenvalue weighted by molar-refractivity contribution is -0.119. The van der Waals surface area contributed by atoms with Gasteiger partial charge in [0.25, 0.3) is 5.91 Å². The smallest absolute Gasteiger partial charge is 0.339 e. The maximum Gasteiger partial charge on any atom is 0.339 e. The van der Waals surface area contributed by atoms with Gasteiger partial charge in [0.15, 0.2) is 12.4 Å². The number of hydrogen-bond donors (Lipinski definition) is 2. The van der Waals surface area contributed by atoms with E-state index in [4.69, 9.17) is 9.72 Å². The minimum Gasteiger partial charge on any atom is -0.508 e. The highest BCUT2D eigenvalue weighted by atomic mass is 16.5. The number of nitrogens with one attached hydrogen (secondary N) is 1. The third kappa shape index (κ3) is 5.11. The summed E-state index contributed by atoms with van der Waals surface area (Å²) in [5, 5.41) is 12.9. The molecule has 0 spiro atoms. The Balaban J connectivity index is 1.40. The van der Waals surface area contributed by atoms with Gasteiger partial charge in [0.1, 0.15) is 5.75 Å². The number of carbonyl (C=O) groups is 3. The second kappa shape index (κ2) is 10.1. The van der Waals surface area contributed by atoms with Crippen molar-refractivity contribution in [2.75, 3.05) is 11.9 Å². The second-order valence-corrected chi connectivity index (χ2v) is 8.85. The average molecular weight is 493 g/mol. The number of para-hydroxylation sites is 1. The van der Waals surface area contributed by atoms with Gasteiger partial charge in [0.05, 0.1) is 16.8 Å². The van der Waals surface area contributed by atoms with Crippen LogP contribution in [0.2, 0.25) is 0 Å². The Morgan fingerprint density at radius 3 is 2.57 bits per heavy atom. The van der Waals surface area contributed by atoms with Crippen LogP contribution in [0.1, 0.15) is 50.9 Å². The molecule has 1 aliphatic carbocycles. The van der Waals surface area contributed by atoms with Crippen molar-refractivity contribution in [3.05, 3.63) is 101 Å². The van der Waals surface area contributed by atoms with E-state index in [0.717, 1.165) is 22.4 Å². The molecule has 37 heavy (non-hydrogen) atoms. The van der Waals surface area contributed by atoms with Gasteiger partial charge in [-0.05, 0) is 72.9 Å². The van der Waals surface area contributed by atoms with E-state index in [9.17, 15) is 19.5 Å². The fourth-order valence-corrected chi connectivity index (χ4v) is 4.50. The lowest BCUT2D eigenvalue weighted by atomic mass is 10.0. The van der Waals surface area contributed by atoms with Crippen LogP contribution in [0.5, 0.6) is 5.75 Å². The maximum atomic E-state index is 13.3. The summed E-state index contributed by atoms with van der Waals surface area (Å²) in [5.41, 5.74) is 5.46. The molecule has 1 aromatic heterocycles. The minimum atomic E-state index is -0.589. The zero-order valence-corrected chi connectivity index (χ0v) is 20.2. The van der Waals surface area contributed by atoms with E-state index < -0.39 is 18.5 Å². The number of phenols is 1. The molecule has 3 aromatic carbocycles. The quantitative estimate of drug-likeness (QED) is 0.275. The van der Waals surface area contributed by atoms with Gasteiger partial charge in [-0.2, -0.15) is 0 Å². The Labute approximate surface area is 213 Å². The van der Waals surface area contributed by atoms with Gasteiger partial charge in [-0.1, -0.05) is 42.5 Å². The number of nitrogens with zero attached hydrogens (tertiary/aromatic N) is 1. The van der Waals surface area contributed by atoms with E-state index in [1.165, 1.54) is 6.92 Å². The zero-order valence-electron chi connectivity index (χ0n) is 20.2. The molecule has 4 aromatic rings. The molecule has 2 N–H and O–H groups in total. The average Bonchev–Trinajstić information content (AvgIpc) is 3.29. The number of anilines is 1. The number of allylic oxidation sites excluding steroid dienone is 1. The Morgan fingerprint density at radius 2 is 1.78 bits per heavy atom. The van der Waals surface area contributed by atoms with Crippen LogP contribution >= 0.6 is 0 Å². The highest BCUT2D eigenvalue weighted by Gasteiger charge is 2.28. The first-order chi connectivity index (χ1) is 17.9. The summed E-state index contributed by atoms with van der Waals surface area (Å²) in [6.07, 6.45) is 3.32. The molecule has 0 bridgehead atoms. The minimum absolute atomic E-state index is 0.111. The summed E-state index contributed by atoms with van der Waals surface area (Å²) in [6.45, 7) is 0.982. The lowest BCUT2D eigenvalue weighted by Crippen LogP contribution is -2.22. The molecule has 0 fully saturated rings. The van der Waals surface area contributed by atoms with Crippen molar-refractivity contribution in [2.24, 2.45) is 0 Å². The highest BCUT2D eigenvalue weighted by molar-refractivity contribution is 6.08. The molecule has 5 rings (SSSR count). The Kier molecular flexibility index (Phi) is 6.51. The van der Waals surface area contributed by atoms with Crippen molar-refractivity contribution in [2.45, 2.75) is 19.8 Å². The van der Waals surface area contributed by atoms with Crippen LogP contribution in [0.25, 0.3) is 22.6 Å². The maximum absolute atomic E-state index is 13.3. The van der Waals surface area contributed by atoms with Crippen molar-refractivity contribution in [3.8, 4) is 5.75 Å². The van der Waals surface area contributed by atoms with Gasteiger partial charge in [0, 0.05) is 16.6 Å². The molecule has 7 heteroatoms. The molecular weight excluding hydrogens is 468 g/mol. The number of rotatable bonds is 6. The van der Waals surface area contributed by atoms with Gasteiger partial charge in [0.2, 0.25) is 0 Å². The number of ketones is 1. The van der Waals surface area contributed by atoms with Gasteiger partial charge in [-0.25, -0.2) is 9.78 Å². The summed E-state index contributed by atoms with van der Waals surface area (Å²) in [4.78, 5) is 42.2. The third-order valence-corrected chi connectivity index (χ3v) is 6.27. The van der Waals surface area contributed by atoms with Crippen LogP contribution in [0.3, 0.4) is 0 Å². The molecule has 0 saturated carbocycles. The number of amides is 1. The number of hydrogen-bond acceptors (Lipinski definition) is 6. The van der Waals surface area contributed by atoms with Crippen LogP contribution < -0.4 is 5.32 Å². The van der Waals surface area contributed by atoms with Crippen molar-refractivity contribution in [3.63, 3.8) is 0 Å². The summed E-state index contributed by atoms with van der Waals surface area (Å²) < 4.78 is 5.45. The molecule has 7 nitrogen and oxygen atoms in total. The van der Waals surface area contributed by atoms with Gasteiger partial charge in [-0.3, -0.25) is 9.59 Å². The highest BCUT2D eigenvalue weighted by Crippen LogP contribution is 2.38. The molecule has 1 heterocycles. The second-order valence-electron chi connectivity index (χ2n) is 8.85. The van der Waals surface area contributed by atoms with E-state index in [1.54, 1.807) is 36.4 Å². The fourth-order valence-electron chi connectivity index (χ4n) is 4.50. The molecule has 184 valence electrons. The van der Waals surface area contributed by atoms with E-state index >= 15 is 0 Å². The van der Waals surface area contributed by atoms with Crippen molar-refractivity contribution < 1.29 is 24.2 Å². The predicted octanol–water partition coefficient (Wildman–Crippen LogP) is 5.43. The number of benzene rings is 3. The molecule has 0 atom stereocenters. The van der Waals surface area contributed by atoms with E-state index in [2.05, 4.69) is 5.32 Å². The van der Waals surface area contributed by atoms with Crippen LogP contribution in [-0.4, -0.2) is 34.4 Å². The number of fused-ring (bicyclic) bond motifs is 2. The Hall–Kier alpha value is -4.78. The fraction of sp³-hybridized carbons (Fsp3) is 0.133. The topological polar surface area (TPSA) is 106 Å². The number of carbonyl (C=O) groups excluding carboxylic acids is 3. The SMILES string of the molecule is CC(=O)c1cccc(NC(=O)COC(=O)c2c3c(nc4ccccc24)/C(=C/c2ccc(O)cc2)CC3)c1. The van der Waals surface area contributed by atoms with E-state index in [1.807, 2.05) is 42.5 Å². The largest absolute Gasteiger partial charge is 0.508 e. The monoisotopic (exact) mass is 492 g/mol. The van der Waals surface area contributed by atoms with Gasteiger partial charge < -0.3 is 15.2 Å². The molecule has 0 radical (unpaired) electrons. The number of aromatic nitrogens is 1. The first-order valence-corrected chi connectivity index (χ1v) is 11.9. The van der Waals surface area contributed by atoms with E-state index in [0.29, 0.717) is 40.6 Å². The van der Waals surface area contributed by atoms with E-state index in [-0.39, 0.29) is 11.5 Å². The molecule has 0 unspecified atom stereocenters. The van der Waals surface area contributed by atoms with Crippen LogP contribution in [0.15, 0.2) is 72.8 Å². The Bertz CT molecular complexity index is 1570. The molecular formula is C30H24N2O5. The summed E-state index contributed by atoms with van der Waals surface area (Å²) in [5.74, 6) is -1.01. The first-order valence-electron chi connectivity index (χ1n) is 11.9. The third-order valence-electron chi connectivity index (χ3n) is 6.27. The van der Waals surface area contributed by atoms with Gasteiger partial charge in [-0.15, -0.1) is 0 Å². The normalized spacial score (nSPS) is 13.4. The predicted molar refractivity (Wildman–Crippen MR) is 141 cm³/mol. The zero-order chi connectivity index (χ0) is 25.9. The number of pyridine rings is 1. The molecule has 0 aliphatic heterocycles. The van der Waals surface area contributed by atoms with Crippen molar-refractivity contribution in [1.82, 2.24) is 4.98 Å². The van der Waals surface area contributed by atoms with Gasteiger partial charge >= 0.3 is 5.97 Å². The van der Waals surface area contributed by atoms with Crippen LogP contribution in [0, 0.1) is 0 Å². The number of phenolic OH excluding ortho intramolecular Hbond substituents is 1. The number of esters is 1. The number of ether oxygens (including phenoxy) is 1. The molecule has 0 saturated heterocycles. The van der Waals surface area contributed by atoms with Crippen molar-refractivity contribution in [1.29, 1.82) is 0 Å². The Morgan fingerprint density at radius 1 is 1.00 bits per heavy atom. The van der Waals surface area contributed by atoms with Crippen LogP contribution in [0.4, 0.5) is 5.69 Å². The number of Topliss-reactive ketones (excluding diaryl/α,β-unsaturated/α-hetero) is 1. The van der Waals surface area contributed by atoms with Crippen molar-refractivity contribution >= 4 is 45.9 Å². The molecule has 1 amide bonds. The summed E-state index contributed by atoms with van der Waals surface area (Å²) in [7, 11) is 0. The summed E-state index contributed by atoms with van der Waals surface area (Å²) in [6, 6.07) is 20.8. The standard InChI is InChI=1S/C30H24N2O5/c1-18(33)20-5-4-6-22(16-20)31-27(35)17-37-30(36)28-24-7-2-3-8-26(24)32-29-21(11-14-25(28)29)15-19-9-12-23(34)13-10-19/h2-10,12-13,15-16,34H,11,14,17H2,1H3,(H,31,35)/b21-15+.